The van der Waals surface area contributed by atoms with E-state index in [4.69, 9.17) is 14.2 Å². The van der Waals surface area contributed by atoms with Crippen molar-refractivity contribution in [2.75, 3.05) is 14.2 Å². The minimum absolute atomic E-state index is 0.232. The first-order valence-corrected chi connectivity index (χ1v) is 12.0. The van der Waals surface area contributed by atoms with Gasteiger partial charge in [0.15, 0.2) is 16.3 Å². The Morgan fingerprint density at radius 3 is 2.61 bits per heavy atom. The van der Waals surface area contributed by atoms with Gasteiger partial charge in [0.2, 0.25) is 0 Å². The number of benzene rings is 1. The number of allylic oxidation sites excluding steroid dienone is 1. The molecule has 0 aliphatic carbocycles. The first-order valence-electron chi connectivity index (χ1n) is 10.3. The van der Waals surface area contributed by atoms with E-state index in [0.29, 0.717) is 37.7 Å². The number of hydrogen-bond acceptors (Lipinski definition) is 8. The summed E-state index contributed by atoms with van der Waals surface area (Å²) in [5.74, 6) is 0.650. The molecule has 9 heteroatoms. The van der Waals surface area contributed by atoms with Crippen molar-refractivity contribution < 1.29 is 19.0 Å². The second kappa shape index (κ2) is 9.36. The van der Waals surface area contributed by atoms with Gasteiger partial charge in [0.1, 0.15) is 6.04 Å². The van der Waals surface area contributed by atoms with E-state index in [1.165, 1.54) is 22.7 Å². The van der Waals surface area contributed by atoms with E-state index >= 15 is 0 Å². The molecule has 172 valence electrons. The van der Waals surface area contributed by atoms with Crippen LogP contribution in [0, 0.1) is 0 Å². The van der Waals surface area contributed by atoms with Crippen LogP contribution in [0.4, 0.5) is 0 Å². The second-order valence-electron chi connectivity index (χ2n) is 7.63. The van der Waals surface area contributed by atoms with Gasteiger partial charge in [-0.25, -0.2) is 9.79 Å². The van der Waals surface area contributed by atoms with Crippen LogP contribution in [-0.2, 0) is 9.53 Å². The van der Waals surface area contributed by atoms with Crippen LogP contribution in [0.5, 0.6) is 11.5 Å². The molecule has 3 heterocycles. The molecule has 1 aliphatic heterocycles. The highest BCUT2D eigenvalue weighted by Crippen LogP contribution is 2.34. The Morgan fingerprint density at radius 2 is 1.97 bits per heavy atom. The number of aromatic nitrogens is 1. The Labute approximate surface area is 198 Å². The summed E-state index contributed by atoms with van der Waals surface area (Å²) < 4.78 is 18.5. The number of nitrogens with zero attached hydrogens (tertiary/aromatic N) is 2. The molecule has 0 radical (unpaired) electrons. The topological polar surface area (TPSA) is 79.1 Å². The summed E-state index contributed by atoms with van der Waals surface area (Å²) in [5, 5.41) is 1.92. The molecule has 1 aliphatic rings. The molecule has 0 bridgehead atoms. The lowest BCUT2D eigenvalue weighted by molar-refractivity contribution is -0.143. The Morgan fingerprint density at radius 1 is 1.18 bits per heavy atom. The molecule has 33 heavy (non-hydrogen) atoms. The maximum Gasteiger partial charge on any atom is 0.338 e. The maximum atomic E-state index is 13.6. The third kappa shape index (κ3) is 4.26. The van der Waals surface area contributed by atoms with Crippen LogP contribution in [-0.4, -0.2) is 30.9 Å². The molecule has 0 spiro atoms. The van der Waals surface area contributed by atoms with E-state index in [1.54, 1.807) is 51.7 Å². The van der Waals surface area contributed by atoms with Gasteiger partial charge in [0, 0.05) is 10.4 Å². The van der Waals surface area contributed by atoms with Gasteiger partial charge in [-0.15, -0.1) is 11.3 Å². The number of carbonyl (C=O) groups is 1. The number of para-hydroxylation sites is 1. The Balaban J connectivity index is 1.94. The van der Waals surface area contributed by atoms with Crippen LogP contribution in [0.15, 0.2) is 56.8 Å². The molecule has 1 aromatic carbocycles. The van der Waals surface area contributed by atoms with Gasteiger partial charge in [-0.2, -0.15) is 0 Å². The zero-order valence-corrected chi connectivity index (χ0v) is 20.6. The largest absolute Gasteiger partial charge is 0.493 e. The molecule has 0 saturated carbocycles. The number of esters is 1. The highest BCUT2D eigenvalue weighted by Gasteiger charge is 2.34. The fourth-order valence-electron chi connectivity index (χ4n) is 3.74. The standard InChI is InChI=1S/C24H24N2O5S2/c1-13(2)31-23(28)19-14(3)25-24-26(20(19)17-10-7-11-32-17)22(27)18(33-24)12-15-8-6-9-16(29-4)21(15)30-5/h6-13,20H,1-5H3/b18-12+. The average molecular weight is 485 g/mol. The second-order valence-corrected chi connectivity index (χ2v) is 9.62. The lowest BCUT2D eigenvalue weighted by atomic mass is 10.0. The molecule has 0 N–H and O–H groups in total. The highest BCUT2D eigenvalue weighted by molar-refractivity contribution is 7.10. The van der Waals surface area contributed by atoms with Crippen LogP contribution in [0.25, 0.3) is 6.08 Å². The minimum atomic E-state index is -0.596. The lowest BCUT2D eigenvalue weighted by Crippen LogP contribution is -2.39. The number of hydrogen-bond donors (Lipinski definition) is 0. The molecular weight excluding hydrogens is 460 g/mol. The van der Waals surface area contributed by atoms with Crippen molar-refractivity contribution in [1.29, 1.82) is 0 Å². The number of thiazole rings is 1. The molecular formula is C24H24N2O5S2. The van der Waals surface area contributed by atoms with Gasteiger partial charge in [0.05, 0.1) is 36.1 Å². The van der Waals surface area contributed by atoms with Crippen molar-refractivity contribution in [3.05, 3.63) is 77.1 Å². The van der Waals surface area contributed by atoms with E-state index in [-0.39, 0.29) is 11.7 Å². The van der Waals surface area contributed by atoms with Gasteiger partial charge in [0.25, 0.3) is 5.56 Å². The van der Waals surface area contributed by atoms with Gasteiger partial charge in [-0.05, 0) is 44.4 Å². The zero-order valence-electron chi connectivity index (χ0n) is 18.9. The quantitative estimate of drug-likeness (QED) is 0.502. The molecule has 4 rings (SSSR count). The maximum absolute atomic E-state index is 13.6. The van der Waals surface area contributed by atoms with Crippen molar-refractivity contribution in [2.45, 2.75) is 32.9 Å². The molecule has 0 fully saturated rings. The van der Waals surface area contributed by atoms with Gasteiger partial charge >= 0.3 is 5.97 Å². The van der Waals surface area contributed by atoms with Crippen LogP contribution in [0.2, 0.25) is 0 Å². The molecule has 0 amide bonds. The summed E-state index contributed by atoms with van der Waals surface area (Å²) in [4.78, 5) is 32.6. The van der Waals surface area contributed by atoms with Gasteiger partial charge in [-0.3, -0.25) is 9.36 Å². The summed E-state index contributed by atoms with van der Waals surface area (Å²) >= 11 is 2.75. The van der Waals surface area contributed by atoms with E-state index < -0.39 is 12.0 Å². The average Bonchev–Trinajstić information content (AvgIpc) is 3.41. The molecule has 1 unspecified atom stereocenters. The number of thiophene rings is 1. The number of rotatable bonds is 6. The van der Waals surface area contributed by atoms with Gasteiger partial charge < -0.3 is 14.2 Å². The predicted octanol–water partition coefficient (Wildman–Crippen LogP) is 3.27. The van der Waals surface area contributed by atoms with Crippen molar-refractivity contribution >= 4 is 34.7 Å². The highest BCUT2D eigenvalue weighted by atomic mass is 32.1. The normalized spacial score (nSPS) is 15.9. The van der Waals surface area contributed by atoms with E-state index in [0.717, 1.165) is 4.88 Å². The molecule has 7 nitrogen and oxygen atoms in total. The van der Waals surface area contributed by atoms with Crippen molar-refractivity contribution in [2.24, 2.45) is 4.99 Å². The van der Waals surface area contributed by atoms with Gasteiger partial charge in [-0.1, -0.05) is 29.5 Å². The summed E-state index contributed by atoms with van der Waals surface area (Å²) in [5.41, 5.74) is 1.41. The fraction of sp³-hybridized carbons (Fsp3) is 0.292. The Kier molecular flexibility index (Phi) is 6.53. The summed E-state index contributed by atoms with van der Waals surface area (Å²) in [6.45, 7) is 5.37. The molecule has 3 aromatic rings. The number of methoxy groups -OCH3 is 2. The predicted molar refractivity (Wildman–Crippen MR) is 129 cm³/mol. The third-order valence-corrected chi connectivity index (χ3v) is 7.02. The number of ether oxygens (including phenoxy) is 3. The number of fused-ring (bicyclic) bond motifs is 1. The van der Waals surface area contributed by atoms with Crippen molar-refractivity contribution in [1.82, 2.24) is 4.57 Å². The van der Waals surface area contributed by atoms with Crippen LogP contribution in [0.3, 0.4) is 0 Å². The lowest BCUT2D eigenvalue weighted by Gasteiger charge is -2.24. The summed E-state index contributed by atoms with van der Waals surface area (Å²) in [6, 6.07) is 8.71. The first-order chi connectivity index (χ1) is 15.8. The third-order valence-electron chi connectivity index (χ3n) is 5.12. The summed E-state index contributed by atoms with van der Waals surface area (Å²) in [6.07, 6.45) is 1.48. The van der Waals surface area contributed by atoms with Crippen molar-refractivity contribution in [3.8, 4) is 11.5 Å². The Hall–Kier alpha value is -3.17. The summed E-state index contributed by atoms with van der Waals surface area (Å²) in [7, 11) is 3.13. The smallest absolute Gasteiger partial charge is 0.338 e. The fourth-order valence-corrected chi connectivity index (χ4v) is 5.60. The van der Waals surface area contributed by atoms with Crippen LogP contribution >= 0.6 is 22.7 Å². The van der Waals surface area contributed by atoms with Crippen LogP contribution < -0.4 is 24.4 Å². The first kappa shape index (κ1) is 23.0. The minimum Gasteiger partial charge on any atom is -0.493 e. The van der Waals surface area contributed by atoms with E-state index in [9.17, 15) is 9.59 Å². The van der Waals surface area contributed by atoms with Crippen molar-refractivity contribution in [3.63, 3.8) is 0 Å². The zero-order chi connectivity index (χ0) is 23.7. The molecule has 0 saturated heterocycles. The number of carbonyl (C=O) groups excluding carboxylic acids is 1. The van der Waals surface area contributed by atoms with E-state index in [1.807, 2.05) is 29.6 Å². The molecule has 2 aromatic heterocycles. The van der Waals surface area contributed by atoms with E-state index in [2.05, 4.69) is 4.99 Å². The molecule has 1 atom stereocenters. The SMILES string of the molecule is COc1cccc(/C=c2/sc3n(c2=O)C(c2cccs2)C(C(=O)OC(C)C)=C(C)N=3)c1OC. The Bertz CT molecular complexity index is 1400. The van der Waals surface area contributed by atoms with Crippen LogP contribution in [0.1, 0.15) is 37.3 Å². The monoisotopic (exact) mass is 484 g/mol.